The van der Waals surface area contributed by atoms with Crippen molar-refractivity contribution < 1.29 is 18.3 Å². The number of benzene rings is 2. The van der Waals surface area contributed by atoms with Crippen LogP contribution in [0.15, 0.2) is 42.5 Å². The fraction of sp³-hybridized carbons (Fsp3) is 0.235. The van der Waals surface area contributed by atoms with Crippen molar-refractivity contribution in [2.75, 3.05) is 11.9 Å². The largest absolute Gasteiger partial charge is 0.484 e. The van der Waals surface area contributed by atoms with Crippen LogP contribution in [0.4, 0.5) is 14.5 Å². The average Bonchev–Trinajstić information content (AvgIpc) is 2.52. The summed E-state index contributed by atoms with van der Waals surface area (Å²) in [4.78, 5) is 10.7. The van der Waals surface area contributed by atoms with E-state index < -0.39 is 17.5 Å². The molecule has 2 aromatic carbocycles. The highest BCUT2D eigenvalue weighted by Crippen LogP contribution is 2.26. The van der Waals surface area contributed by atoms with E-state index in [0.29, 0.717) is 17.7 Å². The highest BCUT2D eigenvalue weighted by atomic mass is 19.1. The van der Waals surface area contributed by atoms with E-state index in [-0.39, 0.29) is 12.6 Å². The van der Waals surface area contributed by atoms with Crippen molar-refractivity contribution in [3.63, 3.8) is 0 Å². The standard InChI is InChI=1S/C17H18F2N2O2/c1-2-16(14-8-3-11(18)9-15(14)19)21-12-4-6-13(7-5-12)23-10-17(20)22/h3-9,16,21H,2,10H2,1H3,(H2,20,22). The molecular weight excluding hydrogens is 302 g/mol. The zero-order valence-corrected chi connectivity index (χ0v) is 12.7. The van der Waals surface area contributed by atoms with Crippen molar-refractivity contribution in [2.24, 2.45) is 5.73 Å². The molecule has 122 valence electrons. The van der Waals surface area contributed by atoms with Crippen LogP contribution in [0, 0.1) is 11.6 Å². The second-order valence-corrected chi connectivity index (χ2v) is 5.05. The molecule has 0 heterocycles. The Labute approximate surface area is 133 Å². The lowest BCUT2D eigenvalue weighted by Gasteiger charge is -2.19. The third-order valence-electron chi connectivity index (χ3n) is 3.32. The molecule has 3 N–H and O–H groups in total. The van der Waals surface area contributed by atoms with Crippen LogP contribution in [0.25, 0.3) is 0 Å². The van der Waals surface area contributed by atoms with E-state index >= 15 is 0 Å². The van der Waals surface area contributed by atoms with Crippen LogP contribution in [-0.2, 0) is 4.79 Å². The van der Waals surface area contributed by atoms with Crippen LogP contribution < -0.4 is 15.8 Å². The Morgan fingerprint density at radius 1 is 1.22 bits per heavy atom. The van der Waals surface area contributed by atoms with E-state index in [4.69, 9.17) is 10.5 Å². The number of primary amides is 1. The predicted molar refractivity (Wildman–Crippen MR) is 84.1 cm³/mol. The zero-order chi connectivity index (χ0) is 16.8. The minimum absolute atomic E-state index is 0.189. The second-order valence-electron chi connectivity index (χ2n) is 5.05. The van der Waals surface area contributed by atoms with Gasteiger partial charge in [-0.05, 0) is 36.8 Å². The van der Waals surface area contributed by atoms with E-state index in [1.54, 1.807) is 24.3 Å². The first kappa shape index (κ1) is 16.7. The molecule has 6 heteroatoms. The van der Waals surface area contributed by atoms with Gasteiger partial charge >= 0.3 is 0 Å². The Bertz CT molecular complexity index is 675. The van der Waals surface area contributed by atoms with E-state index in [0.717, 1.165) is 11.8 Å². The molecule has 2 aromatic rings. The minimum Gasteiger partial charge on any atom is -0.484 e. The zero-order valence-electron chi connectivity index (χ0n) is 12.7. The van der Waals surface area contributed by atoms with Crippen molar-refractivity contribution in [3.8, 4) is 5.75 Å². The van der Waals surface area contributed by atoms with Gasteiger partial charge in [-0.2, -0.15) is 0 Å². The summed E-state index contributed by atoms with van der Waals surface area (Å²) < 4.78 is 32.1. The van der Waals surface area contributed by atoms with Crippen LogP contribution in [-0.4, -0.2) is 12.5 Å². The molecule has 0 bridgehead atoms. The maximum absolute atomic E-state index is 13.9. The number of hydrogen-bond acceptors (Lipinski definition) is 3. The van der Waals surface area contributed by atoms with Gasteiger partial charge in [-0.1, -0.05) is 13.0 Å². The van der Waals surface area contributed by atoms with Crippen molar-refractivity contribution >= 4 is 11.6 Å². The Morgan fingerprint density at radius 3 is 2.48 bits per heavy atom. The molecule has 1 unspecified atom stereocenters. The van der Waals surface area contributed by atoms with Gasteiger partial charge in [0, 0.05) is 17.3 Å². The number of amides is 1. The van der Waals surface area contributed by atoms with Crippen LogP contribution in [0.3, 0.4) is 0 Å². The molecule has 0 fully saturated rings. The highest BCUT2D eigenvalue weighted by molar-refractivity contribution is 5.75. The number of anilines is 1. The molecule has 23 heavy (non-hydrogen) atoms. The van der Waals surface area contributed by atoms with E-state index in [2.05, 4.69) is 5.32 Å². The van der Waals surface area contributed by atoms with Gasteiger partial charge in [-0.3, -0.25) is 4.79 Å². The number of rotatable bonds is 7. The number of nitrogens with one attached hydrogen (secondary N) is 1. The molecule has 0 spiro atoms. The first-order chi connectivity index (χ1) is 11.0. The Balaban J connectivity index is 2.08. The van der Waals surface area contributed by atoms with Gasteiger partial charge in [0.15, 0.2) is 6.61 Å². The second kappa shape index (κ2) is 7.58. The summed E-state index contributed by atoms with van der Waals surface area (Å²) in [5.74, 6) is -1.22. The number of carbonyl (C=O) groups excluding carboxylic acids is 1. The van der Waals surface area contributed by atoms with E-state index in [1.807, 2.05) is 6.92 Å². The summed E-state index contributed by atoms with van der Waals surface area (Å²) in [6.45, 7) is 1.72. The first-order valence-electron chi connectivity index (χ1n) is 7.22. The van der Waals surface area contributed by atoms with Gasteiger partial charge in [0.25, 0.3) is 5.91 Å². The fourth-order valence-corrected chi connectivity index (χ4v) is 2.19. The highest BCUT2D eigenvalue weighted by Gasteiger charge is 2.14. The molecule has 0 aliphatic heterocycles. The molecule has 1 amide bonds. The Hall–Kier alpha value is -2.63. The lowest BCUT2D eigenvalue weighted by molar-refractivity contribution is -0.119. The molecule has 0 saturated heterocycles. The summed E-state index contributed by atoms with van der Waals surface area (Å²) in [6, 6.07) is 10.1. The monoisotopic (exact) mass is 320 g/mol. The molecule has 1 atom stereocenters. The molecule has 0 aliphatic rings. The van der Waals surface area contributed by atoms with Gasteiger partial charge in [0.2, 0.25) is 0 Å². The van der Waals surface area contributed by atoms with Crippen LogP contribution >= 0.6 is 0 Å². The Morgan fingerprint density at radius 2 is 1.91 bits per heavy atom. The molecule has 4 nitrogen and oxygen atoms in total. The molecular formula is C17H18F2N2O2. The lowest BCUT2D eigenvalue weighted by atomic mass is 10.0. The summed E-state index contributed by atoms with van der Waals surface area (Å²) >= 11 is 0. The summed E-state index contributed by atoms with van der Waals surface area (Å²) in [5, 5.41) is 3.19. The number of halogens is 2. The van der Waals surface area contributed by atoms with Crippen molar-refractivity contribution in [3.05, 3.63) is 59.7 Å². The van der Waals surface area contributed by atoms with Gasteiger partial charge < -0.3 is 15.8 Å². The number of nitrogens with two attached hydrogens (primary N) is 1. The maximum Gasteiger partial charge on any atom is 0.255 e. The third kappa shape index (κ3) is 4.67. The van der Waals surface area contributed by atoms with Gasteiger partial charge in [0.1, 0.15) is 17.4 Å². The Kier molecular flexibility index (Phi) is 5.51. The third-order valence-corrected chi connectivity index (χ3v) is 3.32. The quantitative estimate of drug-likeness (QED) is 0.822. The number of hydrogen-bond donors (Lipinski definition) is 2. The molecule has 0 saturated carbocycles. The average molecular weight is 320 g/mol. The topological polar surface area (TPSA) is 64.3 Å². The first-order valence-corrected chi connectivity index (χ1v) is 7.22. The van der Waals surface area contributed by atoms with Crippen LogP contribution in [0.2, 0.25) is 0 Å². The number of carbonyl (C=O) groups is 1. The maximum atomic E-state index is 13.9. The smallest absolute Gasteiger partial charge is 0.255 e. The van der Waals surface area contributed by atoms with Crippen molar-refractivity contribution in [1.29, 1.82) is 0 Å². The summed E-state index contributed by atoms with van der Waals surface area (Å²) in [5.41, 5.74) is 6.17. The number of ether oxygens (including phenoxy) is 1. The van der Waals surface area contributed by atoms with E-state index in [1.165, 1.54) is 12.1 Å². The minimum atomic E-state index is -0.600. The fourth-order valence-electron chi connectivity index (χ4n) is 2.19. The lowest BCUT2D eigenvalue weighted by Crippen LogP contribution is -2.20. The van der Waals surface area contributed by atoms with E-state index in [9.17, 15) is 13.6 Å². The molecule has 0 radical (unpaired) electrons. The normalized spacial score (nSPS) is 11.8. The van der Waals surface area contributed by atoms with Crippen molar-refractivity contribution in [1.82, 2.24) is 0 Å². The van der Waals surface area contributed by atoms with Crippen molar-refractivity contribution in [2.45, 2.75) is 19.4 Å². The molecule has 0 aromatic heterocycles. The molecule has 0 aliphatic carbocycles. The molecule has 2 rings (SSSR count). The van der Waals surface area contributed by atoms with Gasteiger partial charge in [0.05, 0.1) is 6.04 Å². The SMILES string of the molecule is CCC(Nc1ccc(OCC(N)=O)cc1)c1ccc(F)cc1F. The summed E-state index contributed by atoms with van der Waals surface area (Å²) in [6.07, 6.45) is 0.627. The predicted octanol–water partition coefficient (Wildman–Crippen LogP) is 3.39. The van der Waals surface area contributed by atoms with Crippen LogP contribution in [0.5, 0.6) is 5.75 Å². The van der Waals surface area contributed by atoms with Gasteiger partial charge in [-0.25, -0.2) is 8.78 Å². The summed E-state index contributed by atoms with van der Waals surface area (Å²) in [7, 11) is 0. The van der Waals surface area contributed by atoms with Crippen LogP contribution in [0.1, 0.15) is 24.9 Å². The van der Waals surface area contributed by atoms with Gasteiger partial charge in [-0.15, -0.1) is 0 Å².